The van der Waals surface area contributed by atoms with E-state index in [1.807, 2.05) is 26.1 Å². The third-order valence-corrected chi connectivity index (χ3v) is 4.74. The number of ether oxygens (including phenoxy) is 1. The van der Waals surface area contributed by atoms with Gasteiger partial charge in [-0.25, -0.2) is 9.18 Å². The SMILES string of the molecule is CCOC(=O)N1CCC(NC(=NC)NCCN(C)Cc2ccc(F)cc2)CC1. The molecule has 1 aromatic carbocycles. The second-order valence-electron chi connectivity index (χ2n) is 6.97. The van der Waals surface area contributed by atoms with E-state index < -0.39 is 0 Å². The van der Waals surface area contributed by atoms with Crippen molar-refractivity contribution in [2.45, 2.75) is 32.4 Å². The van der Waals surface area contributed by atoms with Gasteiger partial charge >= 0.3 is 6.09 Å². The first kappa shape index (κ1) is 21.9. The zero-order valence-electron chi connectivity index (χ0n) is 17.1. The molecule has 0 unspecified atom stereocenters. The summed E-state index contributed by atoms with van der Waals surface area (Å²) in [5.74, 6) is 0.556. The summed E-state index contributed by atoms with van der Waals surface area (Å²) in [5.41, 5.74) is 1.08. The fraction of sp³-hybridized carbons (Fsp3) is 0.600. The highest BCUT2D eigenvalue weighted by Gasteiger charge is 2.23. The summed E-state index contributed by atoms with van der Waals surface area (Å²) in [5, 5.41) is 6.76. The van der Waals surface area contributed by atoms with E-state index in [2.05, 4.69) is 20.5 Å². The van der Waals surface area contributed by atoms with Crippen LogP contribution in [0.15, 0.2) is 29.3 Å². The zero-order chi connectivity index (χ0) is 20.4. The van der Waals surface area contributed by atoms with Gasteiger partial charge in [-0.05, 0) is 44.5 Å². The van der Waals surface area contributed by atoms with Crippen LogP contribution in [-0.2, 0) is 11.3 Å². The lowest BCUT2D eigenvalue weighted by molar-refractivity contribution is 0.0963. The second kappa shape index (κ2) is 11.5. The highest BCUT2D eigenvalue weighted by Crippen LogP contribution is 2.11. The summed E-state index contributed by atoms with van der Waals surface area (Å²) in [6.45, 7) is 5.95. The molecule has 1 amide bonds. The first-order valence-electron chi connectivity index (χ1n) is 9.83. The zero-order valence-corrected chi connectivity index (χ0v) is 17.1. The van der Waals surface area contributed by atoms with E-state index >= 15 is 0 Å². The van der Waals surface area contributed by atoms with Crippen LogP contribution in [-0.4, -0.2) is 74.8 Å². The lowest BCUT2D eigenvalue weighted by Gasteiger charge is -2.32. The maximum Gasteiger partial charge on any atom is 0.409 e. The quantitative estimate of drug-likeness (QED) is 0.548. The number of carbonyl (C=O) groups is 1. The molecule has 0 bridgehead atoms. The monoisotopic (exact) mass is 393 g/mol. The average Bonchev–Trinajstić information content (AvgIpc) is 2.69. The summed E-state index contributed by atoms with van der Waals surface area (Å²) in [6, 6.07) is 6.87. The van der Waals surface area contributed by atoms with Gasteiger partial charge in [-0.2, -0.15) is 0 Å². The molecular weight excluding hydrogens is 361 g/mol. The number of hydrogen-bond donors (Lipinski definition) is 2. The Hall–Kier alpha value is -2.35. The minimum Gasteiger partial charge on any atom is -0.450 e. The molecule has 2 rings (SSSR count). The van der Waals surface area contributed by atoms with Gasteiger partial charge in [0, 0.05) is 45.8 Å². The molecule has 0 aliphatic carbocycles. The van der Waals surface area contributed by atoms with Gasteiger partial charge in [0.2, 0.25) is 0 Å². The first-order chi connectivity index (χ1) is 13.5. The molecule has 8 heteroatoms. The molecule has 1 aliphatic rings. The molecule has 7 nitrogen and oxygen atoms in total. The number of nitrogens with zero attached hydrogens (tertiary/aromatic N) is 3. The Morgan fingerprint density at radius 3 is 2.61 bits per heavy atom. The Balaban J connectivity index is 1.66. The van der Waals surface area contributed by atoms with Crippen molar-refractivity contribution in [2.75, 3.05) is 46.9 Å². The first-order valence-corrected chi connectivity index (χ1v) is 9.83. The topological polar surface area (TPSA) is 69.2 Å². The minimum atomic E-state index is -0.229. The molecule has 0 saturated carbocycles. The van der Waals surface area contributed by atoms with Crippen molar-refractivity contribution >= 4 is 12.1 Å². The van der Waals surface area contributed by atoms with Gasteiger partial charge in [0.05, 0.1) is 6.61 Å². The van der Waals surface area contributed by atoms with E-state index in [1.54, 1.807) is 11.9 Å². The fourth-order valence-electron chi connectivity index (χ4n) is 3.15. The smallest absolute Gasteiger partial charge is 0.409 e. The van der Waals surface area contributed by atoms with Crippen LogP contribution in [0.3, 0.4) is 0 Å². The number of piperidine rings is 1. The highest BCUT2D eigenvalue weighted by molar-refractivity contribution is 5.80. The Bertz CT molecular complexity index is 630. The molecule has 0 spiro atoms. The van der Waals surface area contributed by atoms with Crippen molar-refractivity contribution in [3.63, 3.8) is 0 Å². The van der Waals surface area contributed by atoms with E-state index in [9.17, 15) is 9.18 Å². The lowest BCUT2D eigenvalue weighted by Crippen LogP contribution is -2.50. The van der Waals surface area contributed by atoms with Crippen LogP contribution in [0.2, 0.25) is 0 Å². The number of carbonyl (C=O) groups excluding carboxylic acids is 1. The van der Waals surface area contributed by atoms with E-state index in [4.69, 9.17) is 4.74 Å². The number of likely N-dealkylation sites (tertiary alicyclic amines) is 1. The van der Waals surface area contributed by atoms with Crippen molar-refractivity contribution in [3.05, 3.63) is 35.6 Å². The molecule has 156 valence electrons. The van der Waals surface area contributed by atoms with Crippen LogP contribution in [0, 0.1) is 5.82 Å². The van der Waals surface area contributed by atoms with Crippen molar-refractivity contribution in [2.24, 2.45) is 4.99 Å². The average molecular weight is 394 g/mol. The summed E-state index contributed by atoms with van der Waals surface area (Å²) < 4.78 is 18.0. The van der Waals surface area contributed by atoms with E-state index in [-0.39, 0.29) is 18.0 Å². The number of hydrogen-bond acceptors (Lipinski definition) is 4. The highest BCUT2D eigenvalue weighted by atomic mass is 19.1. The minimum absolute atomic E-state index is 0.212. The van der Waals surface area contributed by atoms with Crippen molar-refractivity contribution in [3.8, 4) is 0 Å². The molecule has 1 aromatic rings. The maximum absolute atomic E-state index is 13.0. The molecule has 0 atom stereocenters. The van der Waals surface area contributed by atoms with Gasteiger partial charge in [0.25, 0.3) is 0 Å². The van der Waals surface area contributed by atoms with Crippen molar-refractivity contribution in [1.29, 1.82) is 0 Å². The van der Waals surface area contributed by atoms with Gasteiger partial charge in [-0.1, -0.05) is 12.1 Å². The van der Waals surface area contributed by atoms with Gasteiger partial charge in [-0.15, -0.1) is 0 Å². The summed E-state index contributed by atoms with van der Waals surface area (Å²) in [6.07, 6.45) is 1.50. The molecule has 1 saturated heterocycles. The van der Waals surface area contributed by atoms with Gasteiger partial charge in [0.15, 0.2) is 5.96 Å². The molecule has 0 aromatic heterocycles. The van der Waals surface area contributed by atoms with E-state index in [0.29, 0.717) is 19.7 Å². The number of halogens is 1. The van der Waals surface area contributed by atoms with Gasteiger partial charge in [0.1, 0.15) is 5.82 Å². The van der Waals surface area contributed by atoms with Crippen LogP contribution in [0.1, 0.15) is 25.3 Å². The van der Waals surface area contributed by atoms with Gasteiger partial charge < -0.3 is 25.2 Å². The number of aliphatic imine (C=N–C) groups is 1. The third kappa shape index (κ3) is 7.34. The van der Waals surface area contributed by atoms with Gasteiger partial charge in [-0.3, -0.25) is 4.99 Å². The normalized spacial score (nSPS) is 15.6. The largest absolute Gasteiger partial charge is 0.450 e. The number of benzene rings is 1. The number of nitrogens with one attached hydrogen (secondary N) is 2. The van der Waals surface area contributed by atoms with Crippen LogP contribution in [0.4, 0.5) is 9.18 Å². The summed E-state index contributed by atoms with van der Waals surface area (Å²) in [4.78, 5) is 20.0. The Morgan fingerprint density at radius 1 is 1.32 bits per heavy atom. The molecular formula is C20H32FN5O2. The number of guanidine groups is 1. The number of rotatable bonds is 7. The third-order valence-electron chi connectivity index (χ3n) is 4.74. The number of likely N-dealkylation sites (N-methyl/N-ethyl adjacent to an activating group) is 1. The van der Waals surface area contributed by atoms with Crippen LogP contribution < -0.4 is 10.6 Å². The van der Waals surface area contributed by atoms with Crippen molar-refractivity contribution in [1.82, 2.24) is 20.4 Å². The molecule has 1 aliphatic heterocycles. The molecule has 2 N–H and O–H groups in total. The Labute approximate surface area is 166 Å². The lowest BCUT2D eigenvalue weighted by atomic mass is 10.1. The predicted molar refractivity (Wildman–Crippen MR) is 109 cm³/mol. The molecule has 1 heterocycles. The van der Waals surface area contributed by atoms with Crippen LogP contribution >= 0.6 is 0 Å². The van der Waals surface area contributed by atoms with Crippen LogP contribution in [0.5, 0.6) is 0 Å². The Morgan fingerprint density at radius 2 is 2.00 bits per heavy atom. The maximum atomic E-state index is 13.0. The van der Waals surface area contributed by atoms with Crippen molar-refractivity contribution < 1.29 is 13.9 Å². The molecule has 1 fully saturated rings. The molecule has 28 heavy (non-hydrogen) atoms. The van der Waals surface area contributed by atoms with Crippen LogP contribution in [0.25, 0.3) is 0 Å². The second-order valence-corrected chi connectivity index (χ2v) is 6.97. The molecule has 0 radical (unpaired) electrons. The van der Waals surface area contributed by atoms with E-state index in [1.165, 1.54) is 12.1 Å². The summed E-state index contributed by atoms with van der Waals surface area (Å²) >= 11 is 0. The Kier molecular flexibility index (Phi) is 9.00. The summed E-state index contributed by atoms with van der Waals surface area (Å²) in [7, 11) is 3.79. The fourth-order valence-corrected chi connectivity index (χ4v) is 3.15. The number of amides is 1. The van der Waals surface area contributed by atoms with E-state index in [0.717, 1.165) is 44.0 Å². The predicted octanol–water partition coefficient (Wildman–Crippen LogP) is 2.04. The standard InChI is InChI=1S/C20H32FN5O2/c1-4-28-20(27)26-12-9-18(10-13-26)24-19(22-2)23-11-14-25(3)15-16-5-7-17(21)8-6-16/h5-8,18H,4,9-15H2,1-3H3,(H2,22,23,24).